The van der Waals surface area contributed by atoms with E-state index in [9.17, 15) is 4.79 Å². The minimum atomic E-state index is 0. The molecule has 0 radical (unpaired) electrons. The van der Waals surface area contributed by atoms with Crippen LogP contribution in [0.2, 0.25) is 0 Å². The number of carbonyl (C=O) groups excluding carboxylic acids is 1. The second-order valence-corrected chi connectivity index (χ2v) is 5.89. The second kappa shape index (κ2) is 7.15. The first kappa shape index (κ1) is 17.5. The summed E-state index contributed by atoms with van der Waals surface area (Å²) in [7, 11) is 0. The predicted molar refractivity (Wildman–Crippen MR) is 93.8 cm³/mol. The second-order valence-electron chi connectivity index (χ2n) is 5.89. The molecule has 6 heteroatoms. The molecule has 1 aliphatic heterocycles. The van der Waals surface area contributed by atoms with Crippen LogP contribution in [0.5, 0.6) is 0 Å². The van der Waals surface area contributed by atoms with Crippen molar-refractivity contribution >= 4 is 18.3 Å². The largest absolute Gasteiger partial charge is 0.336 e. The van der Waals surface area contributed by atoms with Gasteiger partial charge in [-0.15, -0.1) is 12.4 Å². The molecule has 1 amide bonds. The number of benzene rings is 1. The van der Waals surface area contributed by atoms with Gasteiger partial charge in [0.05, 0.1) is 23.1 Å². The number of aromatic nitrogens is 2. The monoisotopic (exact) mass is 334 g/mol. The fourth-order valence-corrected chi connectivity index (χ4v) is 2.85. The number of rotatable bonds is 2. The third kappa shape index (κ3) is 3.41. The van der Waals surface area contributed by atoms with Gasteiger partial charge in [-0.2, -0.15) is 5.10 Å². The molecule has 2 aromatic rings. The van der Waals surface area contributed by atoms with Gasteiger partial charge in [-0.05, 0) is 38.0 Å². The molecule has 3 rings (SSSR count). The minimum Gasteiger partial charge on any atom is -0.336 e. The van der Waals surface area contributed by atoms with E-state index in [1.54, 1.807) is 6.20 Å². The van der Waals surface area contributed by atoms with Crippen molar-refractivity contribution in [2.24, 2.45) is 0 Å². The lowest BCUT2D eigenvalue weighted by Crippen LogP contribution is -2.46. The molecule has 1 saturated heterocycles. The van der Waals surface area contributed by atoms with Crippen molar-refractivity contribution in [3.8, 4) is 5.69 Å². The van der Waals surface area contributed by atoms with E-state index in [1.807, 2.05) is 16.5 Å². The quantitative estimate of drug-likeness (QED) is 0.916. The summed E-state index contributed by atoms with van der Waals surface area (Å²) in [5.74, 6) is 0.0792. The number of hydrogen-bond donors (Lipinski definition) is 1. The van der Waals surface area contributed by atoms with Gasteiger partial charge >= 0.3 is 0 Å². The maximum absolute atomic E-state index is 12.7. The molecule has 1 aliphatic rings. The summed E-state index contributed by atoms with van der Waals surface area (Å²) in [6.45, 7) is 9.32. The van der Waals surface area contributed by atoms with E-state index in [0.29, 0.717) is 5.56 Å². The maximum Gasteiger partial charge on any atom is 0.257 e. The molecule has 0 aliphatic carbocycles. The van der Waals surface area contributed by atoms with Crippen LogP contribution < -0.4 is 5.32 Å². The Balaban J connectivity index is 0.00000192. The summed E-state index contributed by atoms with van der Waals surface area (Å²) in [5, 5.41) is 7.72. The van der Waals surface area contributed by atoms with Crippen LogP contribution in [0.1, 0.15) is 27.2 Å². The molecule has 0 saturated carbocycles. The summed E-state index contributed by atoms with van der Waals surface area (Å²) in [5.41, 5.74) is 4.97. The highest BCUT2D eigenvalue weighted by atomic mass is 35.5. The van der Waals surface area contributed by atoms with Gasteiger partial charge < -0.3 is 10.2 Å². The van der Waals surface area contributed by atoms with Gasteiger partial charge in [-0.3, -0.25) is 4.79 Å². The number of nitrogens with zero attached hydrogens (tertiary/aromatic N) is 3. The van der Waals surface area contributed by atoms with Crippen molar-refractivity contribution in [3.63, 3.8) is 0 Å². The van der Waals surface area contributed by atoms with E-state index in [-0.39, 0.29) is 18.3 Å². The van der Waals surface area contributed by atoms with Crippen LogP contribution in [0.4, 0.5) is 0 Å². The van der Waals surface area contributed by atoms with Crippen LogP contribution in [0.3, 0.4) is 0 Å². The Labute approximate surface area is 143 Å². The van der Waals surface area contributed by atoms with Gasteiger partial charge in [0.2, 0.25) is 0 Å². The summed E-state index contributed by atoms with van der Waals surface area (Å²) < 4.78 is 1.87. The molecule has 0 bridgehead atoms. The number of aryl methyl sites for hydroxylation is 2. The predicted octanol–water partition coefficient (Wildman–Crippen LogP) is 2.26. The van der Waals surface area contributed by atoms with E-state index in [2.05, 4.69) is 42.5 Å². The highest BCUT2D eigenvalue weighted by Crippen LogP contribution is 2.20. The smallest absolute Gasteiger partial charge is 0.257 e. The maximum atomic E-state index is 12.7. The third-order valence-electron chi connectivity index (χ3n) is 4.24. The van der Waals surface area contributed by atoms with Gasteiger partial charge in [0, 0.05) is 26.2 Å². The van der Waals surface area contributed by atoms with Crippen LogP contribution in [-0.4, -0.2) is 46.8 Å². The van der Waals surface area contributed by atoms with Crippen molar-refractivity contribution in [2.75, 3.05) is 26.2 Å². The summed E-state index contributed by atoms with van der Waals surface area (Å²) in [6.07, 6.45) is 1.70. The van der Waals surface area contributed by atoms with Gasteiger partial charge in [-0.25, -0.2) is 4.68 Å². The highest BCUT2D eigenvalue weighted by Gasteiger charge is 2.22. The lowest BCUT2D eigenvalue weighted by atomic mass is 10.1. The number of nitrogens with one attached hydrogen (secondary N) is 1. The Morgan fingerprint density at radius 2 is 1.87 bits per heavy atom. The van der Waals surface area contributed by atoms with Gasteiger partial charge in [0.1, 0.15) is 0 Å². The van der Waals surface area contributed by atoms with Gasteiger partial charge in [0.15, 0.2) is 0 Å². The van der Waals surface area contributed by atoms with Gasteiger partial charge in [-0.1, -0.05) is 12.1 Å². The molecule has 1 N–H and O–H groups in total. The molecule has 0 unspecified atom stereocenters. The minimum absolute atomic E-state index is 0. The first-order valence-electron chi connectivity index (χ1n) is 7.70. The standard InChI is InChI=1S/C17H22N4O.ClH/c1-12-4-5-13(2)16(10-12)21-14(3)15(11-19-21)17(22)20-8-6-18-7-9-20;/h4-5,10-11,18H,6-9H2,1-3H3;1H. The topological polar surface area (TPSA) is 50.2 Å². The summed E-state index contributed by atoms with van der Waals surface area (Å²) in [6, 6.07) is 6.28. The fourth-order valence-electron chi connectivity index (χ4n) is 2.85. The summed E-state index contributed by atoms with van der Waals surface area (Å²) in [4.78, 5) is 14.6. The molecule has 124 valence electrons. The Kier molecular flexibility index (Phi) is 5.44. The molecular weight excluding hydrogens is 312 g/mol. The first-order chi connectivity index (χ1) is 10.6. The van der Waals surface area contributed by atoms with Crippen LogP contribution >= 0.6 is 12.4 Å². The van der Waals surface area contributed by atoms with Crippen LogP contribution in [0.15, 0.2) is 24.4 Å². The van der Waals surface area contributed by atoms with Crippen LogP contribution in [-0.2, 0) is 0 Å². The first-order valence-corrected chi connectivity index (χ1v) is 7.70. The lowest BCUT2D eigenvalue weighted by molar-refractivity contribution is 0.0735. The third-order valence-corrected chi connectivity index (χ3v) is 4.24. The number of halogens is 1. The number of carbonyl (C=O) groups is 1. The normalized spacial score (nSPS) is 14.5. The van der Waals surface area contributed by atoms with E-state index >= 15 is 0 Å². The van der Waals surface area contributed by atoms with Crippen molar-refractivity contribution < 1.29 is 4.79 Å². The molecule has 1 aromatic heterocycles. The molecular formula is C17H23ClN4O. The zero-order valence-electron chi connectivity index (χ0n) is 13.8. The fraction of sp³-hybridized carbons (Fsp3) is 0.412. The van der Waals surface area contributed by atoms with Crippen LogP contribution in [0.25, 0.3) is 5.69 Å². The molecule has 0 spiro atoms. The van der Waals surface area contributed by atoms with Crippen LogP contribution in [0, 0.1) is 20.8 Å². The molecule has 0 atom stereocenters. The van der Waals surface area contributed by atoms with Crippen molar-refractivity contribution in [2.45, 2.75) is 20.8 Å². The van der Waals surface area contributed by atoms with Crippen molar-refractivity contribution in [1.82, 2.24) is 20.0 Å². The Bertz CT molecular complexity index is 705. The molecule has 5 nitrogen and oxygen atoms in total. The number of amides is 1. The number of hydrogen-bond acceptors (Lipinski definition) is 3. The average Bonchev–Trinajstić information content (AvgIpc) is 2.91. The van der Waals surface area contributed by atoms with E-state index < -0.39 is 0 Å². The van der Waals surface area contributed by atoms with E-state index in [0.717, 1.165) is 43.1 Å². The Morgan fingerprint density at radius 1 is 1.17 bits per heavy atom. The van der Waals surface area contributed by atoms with E-state index in [4.69, 9.17) is 0 Å². The SMILES string of the molecule is Cc1ccc(C)c(-n2ncc(C(=O)N3CCNCC3)c2C)c1.Cl. The molecule has 1 aromatic carbocycles. The van der Waals surface area contributed by atoms with Gasteiger partial charge in [0.25, 0.3) is 5.91 Å². The van der Waals surface area contributed by atoms with Crippen molar-refractivity contribution in [3.05, 3.63) is 46.8 Å². The Hall–Kier alpha value is -1.85. The molecule has 2 heterocycles. The van der Waals surface area contributed by atoms with E-state index in [1.165, 1.54) is 5.56 Å². The highest BCUT2D eigenvalue weighted by molar-refractivity contribution is 5.95. The zero-order chi connectivity index (χ0) is 15.7. The Morgan fingerprint density at radius 3 is 2.57 bits per heavy atom. The summed E-state index contributed by atoms with van der Waals surface area (Å²) >= 11 is 0. The molecule has 1 fully saturated rings. The lowest BCUT2D eigenvalue weighted by Gasteiger charge is -2.27. The zero-order valence-corrected chi connectivity index (χ0v) is 14.6. The molecule has 23 heavy (non-hydrogen) atoms. The number of piperazine rings is 1. The average molecular weight is 335 g/mol. The van der Waals surface area contributed by atoms with Crippen molar-refractivity contribution in [1.29, 1.82) is 0 Å².